The van der Waals surface area contributed by atoms with Crippen molar-refractivity contribution in [3.8, 4) is 0 Å². The van der Waals surface area contributed by atoms with Gasteiger partial charge >= 0.3 is 12.0 Å². The number of nitrogens with zero attached hydrogens (tertiary/aromatic N) is 1. The number of hydrogen-bond donors (Lipinski definition) is 2. The molecule has 0 bridgehead atoms. The maximum Gasteiger partial charge on any atom is 0.317 e. The number of urea groups is 1. The third-order valence-corrected chi connectivity index (χ3v) is 3.71. The Labute approximate surface area is 126 Å². The average molecular weight is 300 g/mol. The molecule has 0 aromatic carbocycles. The Hall–Kier alpha value is -1.30. The van der Waals surface area contributed by atoms with Gasteiger partial charge in [0.1, 0.15) is 0 Å². The summed E-state index contributed by atoms with van der Waals surface area (Å²) in [5, 5.41) is 12.0. The summed E-state index contributed by atoms with van der Waals surface area (Å²) in [6.07, 6.45) is 0.634. The maximum atomic E-state index is 12.2. The zero-order chi connectivity index (χ0) is 16.0. The Morgan fingerprint density at radius 3 is 2.62 bits per heavy atom. The van der Waals surface area contributed by atoms with Gasteiger partial charge in [-0.15, -0.1) is 0 Å². The number of likely N-dealkylation sites (tertiary alicyclic amines) is 1. The number of carbonyl (C=O) groups excluding carboxylic acids is 1. The van der Waals surface area contributed by atoms with Crippen molar-refractivity contribution in [2.75, 3.05) is 32.8 Å². The van der Waals surface area contributed by atoms with Gasteiger partial charge in [0.15, 0.2) is 0 Å². The zero-order valence-electron chi connectivity index (χ0n) is 13.5. The third-order valence-electron chi connectivity index (χ3n) is 3.71. The molecule has 1 aliphatic rings. The van der Waals surface area contributed by atoms with Gasteiger partial charge in [-0.3, -0.25) is 4.79 Å². The topological polar surface area (TPSA) is 78.9 Å². The van der Waals surface area contributed by atoms with Crippen LogP contribution < -0.4 is 5.32 Å². The van der Waals surface area contributed by atoms with Gasteiger partial charge in [-0.2, -0.15) is 0 Å². The maximum absolute atomic E-state index is 12.2. The van der Waals surface area contributed by atoms with Gasteiger partial charge in [-0.05, 0) is 19.3 Å². The first-order valence-electron chi connectivity index (χ1n) is 7.58. The normalized spacial score (nSPS) is 23.0. The van der Waals surface area contributed by atoms with Gasteiger partial charge in [-0.1, -0.05) is 20.8 Å². The Balaban J connectivity index is 2.49. The predicted octanol–water partition coefficient (Wildman–Crippen LogP) is 1.80. The number of piperidine rings is 1. The fourth-order valence-corrected chi connectivity index (χ4v) is 2.55. The van der Waals surface area contributed by atoms with Crippen LogP contribution in [0.2, 0.25) is 0 Å². The van der Waals surface area contributed by atoms with Gasteiger partial charge in [0, 0.05) is 31.7 Å². The van der Waals surface area contributed by atoms with Crippen LogP contribution in [-0.4, -0.2) is 54.9 Å². The highest BCUT2D eigenvalue weighted by Crippen LogP contribution is 2.22. The van der Waals surface area contributed by atoms with E-state index in [1.165, 1.54) is 0 Å². The molecule has 2 unspecified atom stereocenters. The van der Waals surface area contributed by atoms with Crippen molar-refractivity contribution in [3.05, 3.63) is 0 Å². The van der Waals surface area contributed by atoms with E-state index in [2.05, 4.69) is 5.32 Å². The number of carboxylic acid groups (broad SMARTS) is 1. The molecule has 0 aromatic rings. The Morgan fingerprint density at radius 2 is 2.05 bits per heavy atom. The lowest BCUT2D eigenvalue weighted by Crippen LogP contribution is -2.51. The molecule has 1 fully saturated rings. The fourth-order valence-electron chi connectivity index (χ4n) is 2.55. The summed E-state index contributed by atoms with van der Waals surface area (Å²) < 4.78 is 5.40. The second-order valence-electron chi connectivity index (χ2n) is 6.74. The molecule has 0 aromatic heterocycles. The van der Waals surface area contributed by atoms with Crippen LogP contribution in [0.1, 0.15) is 34.1 Å². The van der Waals surface area contributed by atoms with E-state index in [9.17, 15) is 9.59 Å². The number of aliphatic carboxylic acids is 1. The molecule has 0 spiro atoms. The van der Waals surface area contributed by atoms with Gasteiger partial charge in [0.2, 0.25) is 0 Å². The van der Waals surface area contributed by atoms with Crippen LogP contribution in [0.4, 0.5) is 4.79 Å². The molecular formula is C15H28N2O4. The molecular weight excluding hydrogens is 272 g/mol. The second kappa shape index (κ2) is 7.64. The molecule has 6 heteroatoms. The van der Waals surface area contributed by atoms with E-state index in [-0.39, 0.29) is 23.9 Å². The fraction of sp³-hybridized carbons (Fsp3) is 0.867. The number of ether oxygens (including phenoxy) is 1. The van der Waals surface area contributed by atoms with Crippen molar-refractivity contribution < 1.29 is 19.4 Å². The summed E-state index contributed by atoms with van der Waals surface area (Å²) in [5.74, 6) is -1.08. The molecule has 1 aliphatic heterocycles. The summed E-state index contributed by atoms with van der Waals surface area (Å²) in [5.41, 5.74) is -0.140. The minimum absolute atomic E-state index is 0.140. The van der Waals surface area contributed by atoms with Crippen molar-refractivity contribution in [3.63, 3.8) is 0 Å². The van der Waals surface area contributed by atoms with Crippen LogP contribution in [0.15, 0.2) is 0 Å². The molecule has 2 amide bonds. The van der Waals surface area contributed by atoms with Crippen molar-refractivity contribution in [1.29, 1.82) is 0 Å². The summed E-state index contributed by atoms with van der Waals surface area (Å²) in [4.78, 5) is 25.0. The Kier molecular flexibility index (Phi) is 6.45. The van der Waals surface area contributed by atoms with Crippen LogP contribution in [0.3, 0.4) is 0 Å². The number of nitrogens with one attached hydrogen (secondary N) is 1. The molecule has 0 saturated carbocycles. The summed E-state index contributed by atoms with van der Waals surface area (Å²) >= 11 is 0. The molecule has 1 rings (SSSR count). The molecule has 2 atom stereocenters. The minimum Gasteiger partial charge on any atom is -0.481 e. The smallest absolute Gasteiger partial charge is 0.317 e. The first-order valence-corrected chi connectivity index (χ1v) is 7.58. The molecule has 6 nitrogen and oxygen atoms in total. The first-order chi connectivity index (χ1) is 9.75. The Morgan fingerprint density at radius 1 is 1.38 bits per heavy atom. The van der Waals surface area contributed by atoms with Crippen LogP contribution in [0.25, 0.3) is 0 Å². The monoisotopic (exact) mass is 300 g/mol. The highest BCUT2D eigenvalue weighted by molar-refractivity contribution is 5.76. The van der Waals surface area contributed by atoms with Gasteiger partial charge in [-0.25, -0.2) is 4.79 Å². The van der Waals surface area contributed by atoms with E-state index in [0.29, 0.717) is 32.7 Å². The lowest BCUT2D eigenvalue weighted by molar-refractivity contribution is -0.143. The third kappa shape index (κ3) is 5.91. The summed E-state index contributed by atoms with van der Waals surface area (Å²) in [7, 11) is 0. The van der Waals surface area contributed by atoms with Gasteiger partial charge in [0.05, 0.1) is 12.5 Å². The molecule has 21 heavy (non-hydrogen) atoms. The second-order valence-corrected chi connectivity index (χ2v) is 6.74. The first kappa shape index (κ1) is 17.8. The van der Waals surface area contributed by atoms with E-state index < -0.39 is 11.9 Å². The number of hydrogen-bond acceptors (Lipinski definition) is 3. The lowest BCUT2D eigenvalue weighted by Gasteiger charge is -2.35. The number of amides is 2. The number of rotatable bonds is 6. The molecule has 122 valence electrons. The Bertz CT molecular complexity index is 371. The summed E-state index contributed by atoms with van der Waals surface area (Å²) in [6.45, 7) is 10.6. The largest absolute Gasteiger partial charge is 0.481 e. The lowest BCUT2D eigenvalue weighted by atomic mass is 9.90. The van der Waals surface area contributed by atoms with E-state index >= 15 is 0 Å². The van der Waals surface area contributed by atoms with Crippen molar-refractivity contribution in [2.24, 2.45) is 17.3 Å². The SMILES string of the molecule is CCOCC(C)(C)CNC(=O)N1CC(C)CC(C(=O)O)C1. The van der Waals surface area contributed by atoms with Crippen molar-refractivity contribution in [2.45, 2.75) is 34.1 Å². The van der Waals surface area contributed by atoms with Crippen LogP contribution in [-0.2, 0) is 9.53 Å². The van der Waals surface area contributed by atoms with Crippen molar-refractivity contribution >= 4 is 12.0 Å². The molecule has 1 heterocycles. The molecule has 0 aliphatic carbocycles. The van der Waals surface area contributed by atoms with Crippen LogP contribution in [0, 0.1) is 17.3 Å². The highest BCUT2D eigenvalue weighted by Gasteiger charge is 2.32. The average Bonchev–Trinajstić information content (AvgIpc) is 2.42. The quantitative estimate of drug-likeness (QED) is 0.784. The highest BCUT2D eigenvalue weighted by atomic mass is 16.5. The minimum atomic E-state index is -0.823. The molecule has 1 saturated heterocycles. The van der Waals surface area contributed by atoms with E-state index in [1.54, 1.807) is 4.90 Å². The molecule has 0 radical (unpaired) electrons. The zero-order valence-corrected chi connectivity index (χ0v) is 13.5. The van der Waals surface area contributed by atoms with Gasteiger partial charge in [0.25, 0.3) is 0 Å². The van der Waals surface area contributed by atoms with Crippen LogP contribution in [0.5, 0.6) is 0 Å². The van der Waals surface area contributed by atoms with E-state index in [0.717, 1.165) is 0 Å². The molecule has 2 N–H and O–H groups in total. The van der Waals surface area contributed by atoms with Crippen LogP contribution >= 0.6 is 0 Å². The summed E-state index contributed by atoms with van der Waals surface area (Å²) in [6, 6.07) is -0.183. The van der Waals surface area contributed by atoms with Gasteiger partial charge < -0.3 is 20.1 Å². The van der Waals surface area contributed by atoms with Crippen molar-refractivity contribution in [1.82, 2.24) is 10.2 Å². The number of carboxylic acids is 1. The standard InChI is InChI=1S/C15H28N2O4/c1-5-21-10-15(3,4)9-16-14(20)17-7-11(2)6-12(8-17)13(18)19/h11-12H,5-10H2,1-4H3,(H,16,20)(H,18,19). The van der Waals surface area contributed by atoms with E-state index in [1.807, 2.05) is 27.7 Å². The van der Waals surface area contributed by atoms with E-state index in [4.69, 9.17) is 9.84 Å². The number of carbonyl (C=O) groups is 2. The predicted molar refractivity (Wildman–Crippen MR) is 80.2 cm³/mol.